The molecule has 0 N–H and O–H groups in total. The Morgan fingerprint density at radius 3 is 2.74 bits per heavy atom. The zero-order valence-electron chi connectivity index (χ0n) is 12.4. The van der Waals surface area contributed by atoms with E-state index in [2.05, 4.69) is 0 Å². The summed E-state index contributed by atoms with van der Waals surface area (Å²) in [6, 6.07) is 7.33. The molecule has 1 saturated heterocycles. The Morgan fingerprint density at radius 2 is 2.04 bits per heavy atom. The minimum Gasteiger partial charge on any atom is -0.207 e. The van der Waals surface area contributed by atoms with Crippen LogP contribution < -0.4 is 0 Å². The van der Waals surface area contributed by atoms with Gasteiger partial charge in [0.2, 0.25) is 10.0 Å². The lowest BCUT2D eigenvalue weighted by atomic mass is 10.1. The molecule has 1 aliphatic rings. The number of nitrogens with zero attached hydrogens (tertiary/aromatic N) is 1. The molecule has 1 aliphatic heterocycles. The van der Waals surface area contributed by atoms with E-state index >= 15 is 0 Å². The molecule has 1 atom stereocenters. The summed E-state index contributed by atoms with van der Waals surface area (Å²) >= 11 is 7.34. The molecule has 2 aromatic rings. The SMILES string of the molecule is O=S(=O)(c1ccc(F)c(Cl)c1)N1CCCCCC1c1cccs1. The molecule has 1 unspecified atom stereocenters. The first kappa shape index (κ1) is 16.9. The van der Waals surface area contributed by atoms with Gasteiger partial charge in [-0.1, -0.05) is 30.5 Å². The molecule has 0 bridgehead atoms. The summed E-state index contributed by atoms with van der Waals surface area (Å²) in [6.45, 7) is 0.472. The van der Waals surface area contributed by atoms with E-state index in [9.17, 15) is 12.8 Å². The summed E-state index contributed by atoms with van der Waals surface area (Å²) in [6.07, 6.45) is 3.64. The van der Waals surface area contributed by atoms with Crippen LogP contribution in [0, 0.1) is 5.82 Å². The number of sulfonamides is 1. The van der Waals surface area contributed by atoms with Crippen LogP contribution in [-0.2, 0) is 10.0 Å². The average Bonchev–Trinajstić information content (AvgIpc) is 2.93. The van der Waals surface area contributed by atoms with Crippen molar-refractivity contribution in [2.75, 3.05) is 6.54 Å². The highest BCUT2D eigenvalue weighted by Gasteiger charge is 2.34. The molecule has 0 saturated carbocycles. The molecule has 1 fully saturated rings. The Morgan fingerprint density at radius 1 is 1.22 bits per heavy atom. The van der Waals surface area contributed by atoms with E-state index in [0.717, 1.165) is 36.6 Å². The van der Waals surface area contributed by atoms with Gasteiger partial charge in [0.25, 0.3) is 0 Å². The minimum absolute atomic E-state index is 0.0485. The summed E-state index contributed by atoms with van der Waals surface area (Å²) < 4.78 is 41.0. The molecular weight excluding hydrogens is 357 g/mol. The van der Waals surface area contributed by atoms with Crippen molar-refractivity contribution in [3.05, 3.63) is 51.4 Å². The monoisotopic (exact) mass is 373 g/mol. The number of thiophene rings is 1. The highest BCUT2D eigenvalue weighted by molar-refractivity contribution is 7.89. The summed E-state index contributed by atoms with van der Waals surface area (Å²) in [5.74, 6) is -0.615. The molecule has 23 heavy (non-hydrogen) atoms. The van der Waals surface area contributed by atoms with Gasteiger partial charge >= 0.3 is 0 Å². The molecule has 1 aromatic heterocycles. The van der Waals surface area contributed by atoms with Crippen LogP contribution in [-0.4, -0.2) is 19.3 Å². The Hall–Kier alpha value is -0.950. The third kappa shape index (κ3) is 3.45. The van der Waals surface area contributed by atoms with E-state index in [1.165, 1.54) is 12.1 Å². The van der Waals surface area contributed by atoms with Crippen molar-refractivity contribution in [2.45, 2.75) is 36.6 Å². The zero-order valence-corrected chi connectivity index (χ0v) is 14.8. The maximum Gasteiger partial charge on any atom is 0.243 e. The number of benzene rings is 1. The van der Waals surface area contributed by atoms with E-state index in [1.54, 1.807) is 15.6 Å². The van der Waals surface area contributed by atoms with E-state index in [-0.39, 0.29) is 16.0 Å². The lowest BCUT2D eigenvalue weighted by Crippen LogP contribution is -2.34. The van der Waals surface area contributed by atoms with Gasteiger partial charge in [0.05, 0.1) is 16.0 Å². The standard InChI is InChI=1S/C16H17ClFNO2S2/c17-13-11-12(7-8-14(13)18)23(20,21)19-9-3-1-2-5-15(19)16-6-4-10-22-16/h4,6-8,10-11,15H,1-3,5,9H2. The molecule has 0 spiro atoms. The third-order valence-corrected chi connectivity index (χ3v) is 7.24. The zero-order chi connectivity index (χ0) is 16.4. The van der Waals surface area contributed by atoms with Crippen LogP contribution in [0.15, 0.2) is 40.6 Å². The molecular formula is C16H17ClFNO2S2. The molecule has 2 heterocycles. The molecule has 7 heteroatoms. The molecule has 0 amide bonds. The second kappa shape index (κ2) is 6.89. The topological polar surface area (TPSA) is 37.4 Å². The van der Waals surface area contributed by atoms with Gasteiger partial charge in [0, 0.05) is 11.4 Å². The Bertz CT molecular complexity index is 777. The van der Waals surface area contributed by atoms with Crippen molar-refractivity contribution >= 4 is 33.0 Å². The summed E-state index contributed by atoms with van der Waals surface area (Å²) in [5, 5.41) is 1.79. The molecule has 124 valence electrons. The largest absolute Gasteiger partial charge is 0.243 e. The van der Waals surface area contributed by atoms with E-state index in [1.807, 2.05) is 17.5 Å². The second-order valence-electron chi connectivity index (χ2n) is 5.57. The Balaban J connectivity index is 2.02. The van der Waals surface area contributed by atoms with Gasteiger partial charge < -0.3 is 0 Å². The van der Waals surface area contributed by atoms with Crippen molar-refractivity contribution in [2.24, 2.45) is 0 Å². The van der Waals surface area contributed by atoms with Crippen LogP contribution in [0.2, 0.25) is 5.02 Å². The number of rotatable bonds is 3. The number of halogens is 2. The van der Waals surface area contributed by atoms with Crippen LogP contribution in [0.5, 0.6) is 0 Å². The second-order valence-corrected chi connectivity index (χ2v) is 8.85. The van der Waals surface area contributed by atoms with Gasteiger partial charge in [0.15, 0.2) is 0 Å². The maximum absolute atomic E-state index is 13.4. The fraction of sp³-hybridized carbons (Fsp3) is 0.375. The summed E-state index contributed by atoms with van der Waals surface area (Å²) in [4.78, 5) is 1.09. The minimum atomic E-state index is -3.71. The number of hydrogen-bond donors (Lipinski definition) is 0. The quantitative estimate of drug-likeness (QED) is 0.771. The average molecular weight is 374 g/mol. The highest BCUT2D eigenvalue weighted by Crippen LogP contribution is 2.37. The van der Waals surface area contributed by atoms with Crippen molar-refractivity contribution in [3.8, 4) is 0 Å². The van der Waals surface area contributed by atoms with E-state index < -0.39 is 15.8 Å². The van der Waals surface area contributed by atoms with Crippen molar-refractivity contribution in [3.63, 3.8) is 0 Å². The molecule has 0 radical (unpaired) electrons. The normalized spacial score (nSPS) is 20.3. The predicted molar refractivity (Wildman–Crippen MR) is 90.8 cm³/mol. The van der Waals surface area contributed by atoms with E-state index in [4.69, 9.17) is 11.6 Å². The third-order valence-electron chi connectivity index (χ3n) is 4.07. The van der Waals surface area contributed by atoms with Gasteiger partial charge in [-0.3, -0.25) is 0 Å². The van der Waals surface area contributed by atoms with Crippen LogP contribution >= 0.6 is 22.9 Å². The Labute approximate surface area is 144 Å². The van der Waals surface area contributed by atoms with Crippen molar-refractivity contribution < 1.29 is 12.8 Å². The van der Waals surface area contributed by atoms with Crippen LogP contribution in [0.3, 0.4) is 0 Å². The molecule has 3 nitrogen and oxygen atoms in total. The first-order valence-electron chi connectivity index (χ1n) is 7.50. The highest BCUT2D eigenvalue weighted by atomic mass is 35.5. The molecule has 0 aliphatic carbocycles. The van der Waals surface area contributed by atoms with Gasteiger partial charge in [0.1, 0.15) is 5.82 Å². The number of hydrogen-bond acceptors (Lipinski definition) is 3. The van der Waals surface area contributed by atoms with Gasteiger partial charge in [-0.25, -0.2) is 12.8 Å². The van der Waals surface area contributed by atoms with Crippen molar-refractivity contribution in [1.29, 1.82) is 0 Å². The van der Waals surface area contributed by atoms with E-state index in [0.29, 0.717) is 6.54 Å². The lowest BCUT2D eigenvalue weighted by molar-refractivity contribution is 0.333. The lowest BCUT2D eigenvalue weighted by Gasteiger charge is -2.28. The fourth-order valence-corrected chi connectivity index (χ4v) is 5.79. The smallest absolute Gasteiger partial charge is 0.207 e. The van der Waals surface area contributed by atoms with Crippen LogP contribution in [0.1, 0.15) is 36.6 Å². The molecule has 1 aromatic carbocycles. The first-order valence-corrected chi connectivity index (χ1v) is 10.2. The fourth-order valence-electron chi connectivity index (χ4n) is 2.91. The van der Waals surface area contributed by atoms with Crippen molar-refractivity contribution in [1.82, 2.24) is 4.31 Å². The van der Waals surface area contributed by atoms with Gasteiger partial charge in [-0.05, 0) is 42.5 Å². The maximum atomic E-state index is 13.4. The summed E-state index contributed by atoms with van der Waals surface area (Å²) in [5.41, 5.74) is 0. The van der Waals surface area contributed by atoms with Gasteiger partial charge in [-0.15, -0.1) is 11.3 Å². The molecule has 3 rings (SSSR count). The van der Waals surface area contributed by atoms with Crippen LogP contribution in [0.25, 0.3) is 0 Å². The Kier molecular flexibility index (Phi) is 5.06. The predicted octanol–water partition coefficient (Wildman–Crippen LogP) is 4.85. The van der Waals surface area contributed by atoms with Gasteiger partial charge in [-0.2, -0.15) is 4.31 Å². The summed E-state index contributed by atoms with van der Waals surface area (Å²) in [7, 11) is -3.71. The first-order chi connectivity index (χ1) is 11.0. The van der Waals surface area contributed by atoms with Crippen LogP contribution in [0.4, 0.5) is 4.39 Å².